The van der Waals surface area contributed by atoms with Gasteiger partial charge in [-0.25, -0.2) is 12.8 Å². The molecule has 1 aliphatic carbocycles. The van der Waals surface area contributed by atoms with E-state index in [0.29, 0.717) is 22.0 Å². The Morgan fingerprint density at radius 3 is 2.73 bits per heavy atom. The summed E-state index contributed by atoms with van der Waals surface area (Å²) in [5.41, 5.74) is 0.956. The van der Waals surface area contributed by atoms with E-state index in [9.17, 15) is 17.6 Å². The monoisotopic (exact) mass is 447 g/mol. The molecule has 0 unspecified atom stereocenters. The number of anilines is 2. The van der Waals surface area contributed by atoms with Crippen molar-refractivity contribution < 1.29 is 22.1 Å². The number of hydrogen-bond donors (Lipinski definition) is 2. The molecule has 2 N–H and O–H groups in total. The van der Waals surface area contributed by atoms with E-state index < -0.39 is 15.8 Å². The molecule has 0 atom stereocenters. The summed E-state index contributed by atoms with van der Waals surface area (Å²) in [5.74, 6) is -0.286. The van der Waals surface area contributed by atoms with Crippen LogP contribution >= 0.6 is 11.3 Å². The van der Waals surface area contributed by atoms with Crippen molar-refractivity contribution in [2.45, 2.75) is 24.0 Å². The molecule has 156 valence electrons. The third-order valence-electron chi connectivity index (χ3n) is 4.47. The van der Waals surface area contributed by atoms with E-state index >= 15 is 0 Å². The fourth-order valence-electron chi connectivity index (χ4n) is 2.69. The maximum absolute atomic E-state index is 13.8. The number of aryl methyl sites for hydroxylation is 1. The summed E-state index contributed by atoms with van der Waals surface area (Å²) in [6.07, 6.45) is 5.05. The Kier molecular flexibility index (Phi) is 5.44. The van der Waals surface area contributed by atoms with Gasteiger partial charge in [0.1, 0.15) is 21.4 Å². The van der Waals surface area contributed by atoms with Crippen molar-refractivity contribution in [3.63, 3.8) is 0 Å². The van der Waals surface area contributed by atoms with Gasteiger partial charge in [0.05, 0.1) is 5.69 Å². The predicted octanol–water partition coefficient (Wildman–Crippen LogP) is 4.50. The first-order valence-electron chi connectivity index (χ1n) is 9.16. The summed E-state index contributed by atoms with van der Waals surface area (Å²) in [5, 5.41) is 6.72. The summed E-state index contributed by atoms with van der Waals surface area (Å²) < 4.78 is 46.4. The second-order valence-electron chi connectivity index (χ2n) is 6.85. The van der Waals surface area contributed by atoms with Crippen LogP contribution in [0.3, 0.4) is 0 Å². The number of nitrogens with zero attached hydrogens (tertiary/aromatic N) is 1. The summed E-state index contributed by atoms with van der Waals surface area (Å²) in [7, 11) is -3.92. The van der Waals surface area contributed by atoms with Crippen LogP contribution in [0.5, 0.6) is 0 Å². The molecule has 7 nitrogen and oxygen atoms in total. The first kappa shape index (κ1) is 20.3. The minimum Gasteiger partial charge on any atom is -0.354 e. The number of halogens is 1. The molecule has 0 spiro atoms. The van der Waals surface area contributed by atoms with Crippen molar-refractivity contribution in [1.82, 2.24) is 5.16 Å². The lowest BCUT2D eigenvalue weighted by Crippen LogP contribution is -2.14. The van der Waals surface area contributed by atoms with Crippen molar-refractivity contribution in [2.24, 2.45) is 5.92 Å². The highest BCUT2D eigenvalue weighted by atomic mass is 32.2. The molecular formula is C20H18FN3O4S2. The number of benzene rings is 1. The van der Waals surface area contributed by atoms with Crippen LogP contribution in [-0.2, 0) is 14.8 Å². The SMILES string of the molecule is Cc1noc(C=Cc2ccc(S(=O)(=O)Nc3ccccc3F)s2)c1NC(=O)C1CC1. The zero-order valence-corrected chi connectivity index (χ0v) is 17.5. The lowest BCUT2D eigenvalue weighted by molar-refractivity contribution is -0.117. The summed E-state index contributed by atoms with van der Waals surface area (Å²) in [6.45, 7) is 1.73. The molecule has 10 heteroatoms. The highest BCUT2D eigenvalue weighted by molar-refractivity contribution is 7.94. The lowest BCUT2D eigenvalue weighted by atomic mass is 10.2. The topological polar surface area (TPSA) is 101 Å². The van der Waals surface area contributed by atoms with Gasteiger partial charge in [-0.15, -0.1) is 11.3 Å². The number of nitrogens with one attached hydrogen (secondary N) is 2. The Hall–Kier alpha value is -2.98. The third-order valence-corrected chi connectivity index (χ3v) is 7.38. The summed E-state index contributed by atoms with van der Waals surface area (Å²) in [4.78, 5) is 12.7. The zero-order valence-electron chi connectivity index (χ0n) is 15.9. The van der Waals surface area contributed by atoms with Crippen LogP contribution in [-0.4, -0.2) is 19.5 Å². The molecule has 1 aromatic carbocycles. The number of rotatable bonds is 7. The number of para-hydroxylation sites is 1. The molecule has 2 aromatic heterocycles. The number of thiophene rings is 1. The van der Waals surface area contributed by atoms with E-state index in [2.05, 4.69) is 15.2 Å². The molecule has 30 heavy (non-hydrogen) atoms. The Morgan fingerprint density at radius 2 is 2.00 bits per heavy atom. The van der Waals surface area contributed by atoms with Crippen molar-refractivity contribution in [1.29, 1.82) is 0 Å². The second-order valence-corrected chi connectivity index (χ2v) is 9.87. The summed E-state index contributed by atoms with van der Waals surface area (Å²) >= 11 is 1.02. The number of amides is 1. The van der Waals surface area contributed by atoms with E-state index in [1.165, 1.54) is 24.3 Å². The van der Waals surface area contributed by atoms with Gasteiger partial charge in [0, 0.05) is 10.8 Å². The van der Waals surface area contributed by atoms with E-state index in [-0.39, 0.29) is 21.7 Å². The molecule has 0 saturated heterocycles. The quantitative estimate of drug-likeness (QED) is 0.555. The molecule has 0 aliphatic heterocycles. The molecule has 1 aliphatic rings. The maximum atomic E-state index is 13.8. The lowest BCUT2D eigenvalue weighted by Gasteiger charge is -2.06. The average Bonchev–Trinajstić information content (AvgIpc) is 3.35. The van der Waals surface area contributed by atoms with E-state index in [1.54, 1.807) is 31.2 Å². The van der Waals surface area contributed by atoms with E-state index in [1.807, 2.05) is 0 Å². The molecule has 3 aromatic rings. The van der Waals surface area contributed by atoms with E-state index in [0.717, 1.165) is 24.2 Å². The van der Waals surface area contributed by atoms with Crippen LogP contribution in [0.4, 0.5) is 15.8 Å². The molecule has 1 amide bonds. The highest BCUT2D eigenvalue weighted by Crippen LogP contribution is 2.32. The van der Waals surface area contributed by atoms with Gasteiger partial charge in [0.15, 0.2) is 5.76 Å². The fraction of sp³-hybridized carbons (Fsp3) is 0.200. The number of carbonyl (C=O) groups excluding carboxylic acids is 1. The molecule has 4 rings (SSSR count). The minimum atomic E-state index is -3.92. The first-order valence-corrected chi connectivity index (χ1v) is 11.5. The Morgan fingerprint density at radius 1 is 1.23 bits per heavy atom. The molecule has 0 bridgehead atoms. The third kappa shape index (κ3) is 4.44. The smallest absolute Gasteiger partial charge is 0.271 e. The zero-order chi connectivity index (χ0) is 21.3. The van der Waals surface area contributed by atoms with Crippen molar-refractivity contribution >= 4 is 50.8 Å². The number of hydrogen-bond acceptors (Lipinski definition) is 6. The fourth-order valence-corrected chi connectivity index (χ4v) is 4.98. The number of carbonyl (C=O) groups is 1. The maximum Gasteiger partial charge on any atom is 0.271 e. The normalized spacial score (nSPS) is 14.2. The van der Waals surface area contributed by atoms with Crippen LogP contribution < -0.4 is 10.0 Å². The van der Waals surface area contributed by atoms with Crippen LogP contribution in [0.2, 0.25) is 0 Å². The number of aromatic nitrogens is 1. The van der Waals surface area contributed by atoms with Gasteiger partial charge < -0.3 is 9.84 Å². The van der Waals surface area contributed by atoms with Crippen molar-refractivity contribution in [3.8, 4) is 0 Å². The Labute approximate surface area is 176 Å². The van der Waals surface area contributed by atoms with Crippen LogP contribution in [0, 0.1) is 18.7 Å². The molecule has 2 heterocycles. The van der Waals surface area contributed by atoms with Gasteiger partial charge in [0.2, 0.25) is 5.91 Å². The second kappa shape index (κ2) is 8.04. The van der Waals surface area contributed by atoms with Gasteiger partial charge in [-0.05, 0) is 56.2 Å². The largest absolute Gasteiger partial charge is 0.354 e. The molecule has 1 fully saturated rings. The highest BCUT2D eigenvalue weighted by Gasteiger charge is 2.30. The Balaban J connectivity index is 1.50. The van der Waals surface area contributed by atoms with Crippen molar-refractivity contribution in [3.05, 3.63) is 58.5 Å². The average molecular weight is 448 g/mol. The standard InChI is InChI=1S/C20H18FN3O4S2/c1-12-19(22-20(25)13-6-7-13)17(28-23-12)10-8-14-9-11-18(29-14)30(26,27)24-16-5-3-2-4-15(16)21/h2-5,8-11,13,24H,6-7H2,1H3,(H,22,25). The van der Waals surface area contributed by atoms with Gasteiger partial charge in [-0.3, -0.25) is 9.52 Å². The van der Waals surface area contributed by atoms with Gasteiger partial charge in [-0.2, -0.15) is 0 Å². The van der Waals surface area contributed by atoms with Gasteiger partial charge in [-0.1, -0.05) is 17.3 Å². The molecule has 0 radical (unpaired) electrons. The number of sulfonamides is 1. The van der Waals surface area contributed by atoms with Crippen LogP contribution in [0.15, 0.2) is 45.1 Å². The molecule has 1 saturated carbocycles. The van der Waals surface area contributed by atoms with Crippen LogP contribution in [0.25, 0.3) is 12.2 Å². The Bertz CT molecular complexity index is 1230. The van der Waals surface area contributed by atoms with Crippen LogP contribution in [0.1, 0.15) is 29.2 Å². The summed E-state index contributed by atoms with van der Waals surface area (Å²) in [6, 6.07) is 8.62. The first-order chi connectivity index (χ1) is 14.3. The predicted molar refractivity (Wildman–Crippen MR) is 113 cm³/mol. The minimum absolute atomic E-state index is 0.0430. The van der Waals surface area contributed by atoms with Gasteiger partial charge >= 0.3 is 0 Å². The molecular weight excluding hydrogens is 429 g/mol. The van der Waals surface area contributed by atoms with E-state index in [4.69, 9.17) is 4.52 Å². The van der Waals surface area contributed by atoms with Crippen molar-refractivity contribution in [2.75, 3.05) is 10.0 Å². The van der Waals surface area contributed by atoms with Gasteiger partial charge in [0.25, 0.3) is 10.0 Å².